The summed E-state index contributed by atoms with van der Waals surface area (Å²) in [5.74, 6) is 8.99. The average molecular weight is 511 g/mol. The summed E-state index contributed by atoms with van der Waals surface area (Å²) in [6, 6.07) is 4.59. The SMILES string of the molecule is C[C@@H](O)[C@@]12O[C@]13c1cc(O)c4c(c1N[C@H]2C#C/C=C\C#C[C@H]3O)C(=O)c1ccc(NC(=O)CN)cc1C4=O. The van der Waals surface area contributed by atoms with Crippen molar-refractivity contribution in [1.82, 2.24) is 0 Å². The topological polar surface area (TPSA) is 175 Å². The van der Waals surface area contributed by atoms with E-state index in [9.17, 15) is 29.7 Å². The lowest BCUT2D eigenvalue weighted by atomic mass is 9.69. The van der Waals surface area contributed by atoms with Crippen molar-refractivity contribution in [2.75, 3.05) is 17.2 Å². The second kappa shape index (κ2) is 8.02. The van der Waals surface area contributed by atoms with Crippen LogP contribution in [0.15, 0.2) is 36.4 Å². The summed E-state index contributed by atoms with van der Waals surface area (Å²) in [4.78, 5) is 39.2. The molecule has 1 fully saturated rings. The number of nitrogens with one attached hydrogen (secondary N) is 2. The van der Waals surface area contributed by atoms with Gasteiger partial charge in [0.15, 0.2) is 28.9 Å². The molecular weight excluding hydrogens is 490 g/mol. The predicted molar refractivity (Wildman–Crippen MR) is 134 cm³/mol. The number of aliphatic hydroxyl groups excluding tert-OH is 2. The van der Waals surface area contributed by atoms with Gasteiger partial charge in [-0.2, -0.15) is 0 Å². The number of aromatic hydroxyl groups is 1. The van der Waals surface area contributed by atoms with Gasteiger partial charge in [-0.3, -0.25) is 14.4 Å². The second-order valence-electron chi connectivity index (χ2n) is 9.44. The first-order chi connectivity index (χ1) is 18.2. The van der Waals surface area contributed by atoms with Gasteiger partial charge in [0.1, 0.15) is 11.8 Å². The number of amides is 1. The Hall–Kier alpha value is -4.45. The lowest BCUT2D eigenvalue weighted by molar-refractivity contribution is -0.114. The van der Waals surface area contributed by atoms with Gasteiger partial charge in [-0.1, -0.05) is 23.7 Å². The van der Waals surface area contributed by atoms with Gasteiger partial charge in [0, 0.05) is 22.4 Å². The third kappa shape index (κ3) is 2.91. The number of epoxide rings is 1. The van der Waals surface area contributed by atoms with Crippen molar-refractivity contribution < 1.29 is 34.4 Å². The van der Waals surface area contributed by atoms with Crippen LogP contribution < -0.4 is 16.4 Å². The number of hydrogen-bond acceptors (Lipinski definition) is 9. The third-order valence-corrected chi connectivity index (χ3v) is 7.43. The van der Waals surface area contributed by atoms with Crippen LogP contribution in [0.3, 0.4) is 0 Å². The molecule has 5 atom stereocenters. The van der Waals surface area contributed by atoms with Gasteiger partial charge in [-0.25, -0.2) is 0 Å². The fourth-order valence-corrected chi connectivity index (χ4v) is 5.73. The van der Waals surface area contributed by atoms with Gasteiger partial charge in [-0.05, 0) is 43.3 Å². The zero-order valence-corrected chi connectivity index (χ0v) is 20.0. The highest BCUT2D eigenvalue weighted by atomic mass is 16.7. The highest BCUT2D eigenvalue weighted by molar-refractivity contribution is 6.31. The van der Waals surface area contributed by atoms with Gasteiger partial charge in [-0.15, -0.1) is 0 Å². The molecule has 0 aromatic heterocycles. The molecule has 2 aromatic carbocycles. The van der Waals surface area contributed by atoms with Crippen LogP contribution in [-0.4, -0.2) is 63.2 Å². The standard InChI is InChI=1S/C28H21N3O7/c1-13(32)27-19-6-4-2-3-5-7-20(34)28(27,38-27)17-11-18(33)22-23(24(17)31-19)25(36)15-9-8-14(30-21(35)12-29)10-16(15)26(22)37/h2-3,8-11,13,19-20,31-34H,12,29H2,1H3,(H,30,35)/b3-2-/t13-,19+,20-,27+,28+/m1/s1. The van der Waals surface area contributed by atoms with Gasteiger partial charge in [0.05, 0.1) is 29.5 Å². The number of phenols is 1. The summed E-state index contributed by atoms with van der Waals surface area (Å²) < 4.78 is 6.14. The van der Waals surface area contributed by atoms with E-state index in [1.807, 2.05) is 0 Å². The first-order valence-corrected chi connectivity index (χ1v) is 11.8. The van der Waals surface area contributed by atoms with Crippen molar-refractivity contribution in [1.29, 1.82) is 0 Å². The number of fused-ring (bicyclic) bond motifs is 4. The minimum atomic E-state index is -1.63. The zero-order valence-electron chi connectivity index (χ0n) is 20.0. The van der Waals surface area contributed by atoms with Gasteiger partial charge < -0.3 is 36.4 Å². The molecule has 10 heteroatoms. The molecule has 7 N–H and O–H groups in total. The summed E-state index contributed by atoms with van der Waals surface area (Å²) in [6.07, 6.45) is 0.355. The number of nitrogens with two attached hydrogens (primary N) is 1. The van der Waals surface area contributed by atoms with Crippen LogP contribution in [0.1, 0.15) is 44.3 Å². The number of aliphatic hydroxyl groups is 2. The predicted octanol–water partition coefficient (Wildman–Crippen LogP) is 0.141. The van der Waals surface area contributed by atoms with Crippen LogP contribution in [0.2, 0.25) is 0 Å². The first kappa shape index (κ1) is 23.9. The molecule has 1 amide bonds. The van der Waals surface area contributed by atoms with E-state index in [0.29, 0.717) is 0 Å². The quantitative estimate of drug-likeness (QED) is 0.162. The van der Waals surface area contributed by atoms with Crippen molar-refractivity contribution in [2.24, 2.45) is 5.73 Å². The van der Waals surface area contributed by atoms with Crippen LogP contribution in [0, 0.1) is 23.7 Å². The highest BCUT2D eigenvalue weighted by Crippen LogP contribution is 2.67. The molecule has 1 saturated heterocycles. The van der Waals surface area contributed by atoms with Crippen molar-refractivity contribution >= 4 is 28.8 Å². The smallest absolute Gasteiger partial charge is 0.238 e. The molecule has 2 aliphatic carbocycles. The number of phenolic OH excluding ortho intramolecular Hbond substituents is 1. The van der Waals surface area contributed by atoms with E-state index < -0.39 is 52.7 Å². The van der Waals surface area contributed by atoms with E-state index in [0.717, 1.165) is 0 Å². The largest absolute Gasteiger partial charge is 0.507 e. The number of hydrogen-bond donors (Lipinski definition) is 6. The number of ketones is 2. The maximum Gasteiger partial charge on any atom is 0.238 e. The van der Waals surface area contributed by atoms with Crippen LogP contribution in [0.4, 0.5) is 11.4 Å². The molecule has 0 unspecified atom stereocenters. The molecule has 2 heterocycles. The Morgan fingerprint density at radius 3 is 2.58 bits per heavy atom. The number of ether oxygens (including phenoxy) is 1. The lowest BCUT2D eigenvalue weighted by Crippen LogP contribution is -2.54. The van der Waals surface area contributed by atoms with E-state index >= 15 is 0 Å². The fraction of sp³-hybridized carbons (Fsp3) is 0.250. The third-order valence-electron chi connectivity index (χ3n) is 7.43. The zero-order chi connectivity index (χ0) is 27.0. The second-order valence-corrected chi connectivity index (χ2v) is 9.44. The normalized spacial score (nSPS) is 28.8. The molecule has 10 nitrogen and oxygen atoms in total. The Bertz CT molecular complexity index is 1640. The minimum absolute atomic E-state index is 0.000813. The van der Waals surface area contributed by atoms with Gasteiger partial charge >= 0.3 is 0 Å². The number of carbonyl (C=O) groups is 3. The molecule has 2 aromatic rings. The number of anilines is 2. The van der Waals surface area contributed by atoms with Crippen LogP contribution in [0.5, 0.6) is 5.75 Å². The maximum absolute atomic E-state index is 13.8. The Labute approximate surface area is 216 Å². The van der Waals surface area contributed by atoms with E-state index in [1.165, 1.54) is 43.3 Å². The Kier molecular flexibility index (Phi) is 5.05. The molecule has 0 radical (unpaired) electrons. The molecule has 2 aliphatic heterocycles. The number of allylic oxidation sites excluding steroid dienone is 2. The average Bonchev–Trinajstić information content (AvgIpc) is 3.62. The van der Waals surface area contributed by atoms with E-state index in [-0.39, 0.29) is 45.7 Å². The van der Waals surface area contributed by atoms with E-state index in [1.54, 1.807) is 0 Å². The van der Waals surface area contributed by atoms with Crippen LogP contribution in [0.25, 0.3) is 0 Å². The molecule has 4 aliphatic rings. The molecule has 0 spiro atoms. The minimum Gasteiger partial charge on any atom is -0.507 e. The van der Waals surface area contributed by atoms with Gasteiger partial charge in [0.2, 0.25) is 5.91 Å². The molecule has 38 heavy (non-hydrogen) atoms. The van der Waals surface area contributed by atoms with Crippen molar-refractivity contribution in [2.45, 2.75) is 36.4 Å². The number of benzene rings is 2. The van der Waals surface area contributed by atoms with Crippen molar-refractivity contribution in [3.63, 3.8) is 0 Å². The molecule has 0 saturated carbocycles. The molecular formula is C28H21N3O7. The summed E-state index contributed by atoms with van der Waals surface area (Å²) in [6.45, 7) is 1.23. The summed E-state index contributed by atoms with van der Waals surface area (Å²) in [7, 11) is 0. The fourth-order valence-electron chi connectivity index (χ4n) is 5.73. The Morgan fingerprint density at radius 1 is 1.16 bits per heavy atom. The van der Waals surface area contributed by atoms with Crippen molar-refractivity contribution in [3.05, 3.63) is 64.2 Å². The summed E-state index contributed by atoms with van der Waals surface area (Å²) in [5, 5.41) is 38.8. The van der Waals surface area contributed by atoms with Gasteiger partial charge in [0.25, 0.3) is 0 Å². The first-order valence-electron chi connectivity index (χ1n) is 11.8. The molecule has 190 valence electrons. The van der Waals surface area contributed by atoms with Crippen LogP contribution in [-0.2, 0) is 15.1 Å². The number of rotatable bonds is 3. The highest BCUT2D eigenvalue weighted by Gasteiger charge is 2.82. The maximum atomic E-state index is 13.8. The lowest BCUT2D eigenvalue weighted by Gasteiger charge is -2.37. The monoisotopic (exact) mass is 511 g/mol. The summed E-state index contributed by atoms with van der Waals surface area (Å²) in [5.41, 5.74) is 2.59. The number of carbonyl (C=O) groups excluding carboxylic acids is 3. The Morgan fingerprint density at radius 2 is 1.87 bits per heavy atom. The Balaban J connectivity index is 1.58. The van der Waals surface area contributed by atoms with E-state index in [2.05, 4.69) is 34.3 Å². The molecule has 2 bridgehead atoms. The van der Waals surface area contributed by atoms with Crippen molar-refractivity contribution in [3.8, 4) is 29.4 Å². The molecule has 6 rings (SSSR count). The van der Waals surface area contributed by atoms with E-state index in [4.69, 9.17) is 10.5 Å². The van der Waals surface area contributed by atoms with Crippen LogP contribution >= 0.6 is 0 Å². The summed E-state index contributed by atoms with van der Waals surface area (Å²) >= 11 is 0.